The molecule has 278 valence electrons. The van der Waals surface area contributed by atoms with Crippen molar-refractivity contribution in [2.75, 3.05) is 0 Å². The Morgan fingerprint density at radius 3 is 1.61 bits per heavy atom. The van der Waals surface area contributed by atoms with Gasteiger partial charge in [0, 0.05) is 49.8 Å². The van der Waals surface area contributed by atoms with Crippen LogP contribution in [0.5, 0.6) is 0 Å². The van der Waals surface area contributed by atoms with Gasteiger partial charge in [-0.3, -0.25) is 4.57 Å². The van der Waals surface area contributed by atoms with Crippen LogP contribution in [0.3, 0.4) is 0 Å². The molecule has 0 aliphatic heterocycles. The third-order valence-corrected chi connectivity index (χ3v) is 12.5. The molecule has 0 N–H and O–H groups in total. The molecule has 12 rings (SSSR count). The Kier molecular flexibility index (Phi) is 7.24. The van der Waals surface area contributed by atoms with Crippen molar-refractivity contribution in [3.05, 3.63) is 205 Å². The first-order valence-corrected chi connectivity index (χ1v) is 20.3. The minimum absolute atomic E-state index is 0.0720. The molecule has 59 heavy (non-hydrogen) atoms. The molecule has 0 bridgehead atoms. The number of para-hydroxylation sites is 2. The van der Waals surface area contributed by atoms with Crippen LogP contribution in [0, 0.1) is 0 Å². The first-order valence-electron chi connectivity index (χ1n) is 20.3. The summed E-state index contributed by atoms with van der Waals surface area (Å²) >= 11 is 0. The Labute approximate surface area is 342 Å². The van der Waals surface area contributed by atoms with Gasteiger partial charge in [-0.15, -0.1) is 0 Å². The highest BCUT2D eigenvalue weighted by atomic mass is 15.1. The van der Waals surface area contributed by atoms with Crippen LogP contribution >= 0.6 is 0 Å². The lowest BCUT2D eigenvalue weighted by Gasteiger charge is -2.22. The van der Waals surface area contributed by atoms with E-state index in [-0.39, 0.29) is 5.41 Å². The van der Waals surface area contributed by atoms with Gasteiger partial charge in [0.25, 0.3) is 0 Å². The standard InChI is InChI=1S/C55H38N4/c1-55(2)46-22-12-9-19-40(46)41-28-27-39(33-47(41)55)58-49-23-13-10-20-42(49)44-31-37(25-29-51(44)58)38-26-30-52-45(32-38)43-21-11-14-24-50(43)59(52)53-34-48(35-15-5-3-6-16-35)56-54(57-53)36-17-7-4-8-18-36/h3-34H,1-2H3. The molecule has 4 nitrogen and oxygen atoms in total. The van der Waals surface area contributed by atoms with Crippen LogP contribution in [-0.2, 0) is 5.41 Å². The second kappa shape index (κ2) is 12.7. The molecule has 0 amide bonds. The van der Waals surface area contributed by atoms with Gasteiger partial charge in [0.15, 0.2) is 5.82 Å². The van der Waals surface area contributed by atoms with Crippen LogP contribution in [0.15, 0.2) is 194 Å². The van der Waals surface area contributed by atoms with Crippen LogP contribution < -0.4 is 0 Å². The number of rotatable bonds is 5. The van der Waals surface area contributed by atoms with Gasteiger partial charge >= 0.3 is 0 Å². The molecule has 8 aromatic carbocycles. The highest BCUT2D eigenvalue weighted by Gasteiger charge is 2.35. The van der Waals surface area contributed by atoms with Crippen molar-refractivity contribution in [2.45, 2.75) is 19.3 Å². The summed E-state index contributed by atoms with van der Waals surface area (Å²) in [5.41, 5.74) is 16.5. The summed E-state index contributed by atoms with van der Waals surface area (Å²) in [5.74, 6) is 1.54. The summed E-state index contributed by atoms with van der Waals surface area (Å²) in [6, 6.07) is 70.0. The number of nitrogens with zero attached hydrogens (tertiary/aromatic N) is 4. The smallest absolute Gasteiger partial charge is 0.162 e. The van der Waals surface area contributed by atoms with Gasteiger partial charge in [0.05, 0.1) is 27.8 Å². The van der Waals surface area contributed by atoms with Gasteiger partial charge in [-0.1, -0.05) is 153 Å². The largest absolute Gasteiger partial charge is 0.309 e. The van der Waals surface area contributed by atoms with Crippen molar-refractivity contribution in [1.82, 2.24) is 19.1 Å². The third-order valence-electron chi connectivity index (χ3n) is 12.5. The Balaban J connectivity index is 1.01. The van der Waals surface area contributed by atoms with Gasteiger partial charge in [0.1, 0.15) is 5.82 Å². The van der Waals surface area contributed by atoms with E-state index in [0.29, 0.717) is 5.82 Å². The van der Waals surface area contributed by atoms with Gasteiger partial charge < -0.3 is 4.57 Å². The fraction of sp³-hybridized carbons (Fsp3) is 0.0545. The topological polar surface area (TPSA) is 35.6 Å². The molecular weight excluding hydrogens is 717 g/mol. The molecule has 0 atom stereocenters. The van der Waals surface area contributed by atoms with Crippen molar-refractivity contribution in [3.63, 3.8) is 0 Å². The summed E-state index contributed by atoms with van der Waals surface area (Å²) in [6.45, 7) is 4.71. The minimum atomic E-state index is -0.0720. The van der Waals surface area contributed by atoms with E-state index in [0.717, 1.165) is 33.7 Å². The zero-order chi connectivity index (χ0) is 39.2. The molecule has 0 unspecified atom stereocenters. The first kappa shape index (κ1) is 33.6. The Bertz CT molecular complexity index is 3400. The maximum atomic E-state index is 5.23. The van der Waals surface area contributed by atoms with Crippen LogP contribution in [0.2, 0.25) is 0 Å². The van der Waals surface area contributed by atoms with Crippen LogP contribution in [0.25, 0.3) is 100 Å². The molecule has 1 aliphatic rings. The molecule has 0 fully saturated rings. The van der Waals surface area contributed by atoms with E-state index in [2.05, 4.69) is 193 Å². The number of aromatic nitrogens is 4. The highest BCUT2D eigenvalue weighted by molar-refractivity contribution is 6.12. The summed E-state index contributed by atoms with van der Waals surface area (Å²) in [7, 11) is 0. The second-order valence-electron chi connectivity index (χ2n) is 16.2. The third kappa shape index (κ3) is 5.09. The monoisotopic (exact) mass is 754 g/mol. The van der Waals surface area contributed by atoms with Gasteiger partial charge in [0.2, 0.25) is 0 Å². The Hall–Kier alpha value is -7.56. The van der Waals surface area contributed by atoms with E-state index in [9.17, 15) is 0 Å². The average Bonchev–Trinajstić information content (AvgIpc) is 3.89. The van der Waals surface area contributed by atoms with E-state index in [1.54, 1.807) is 0 Å². The van der Waals surface area contributed by atoms with Crippen LogP contribution in [-0.4, -0.2) is 19.1 Å². The van der Waals surface area contributed by atoms with E-state index in [1.807, 2.05) is 24.3 Å². The zero-order valence-electron chi connectivity index (χ0n) is 32.8. The molecule has 0 spiro atoms. The summed E-state index contributed by atoms with van der Waals surface area (Å²) < 4.78 is 4.74. The van der Waals surface area contributed by atoms with Crippen LogP contribution in [0.1, 0.15) is 25.0 Å². The summed E-state index contributed by atoms with van der Waals surface area (Å²) in [4.78, 5) is 10.3. The second-order valence-corrected chi connectivity index (χ2v) is 16.2. The van der Waals surface area contributed by atoms with E-state index in [4.69, 9.17) is 9.97 Å². The van der Waals surface area contributed by atoms with Crippen molar-refractivity contribution in [1.29, 1.82) is 0 Å². The predicted molar refractivity (Wildman–Crippen MR) is 245 cm³/mol. The fourth-order valence-electron chi connectivity index (χ4n) is 9.68. The van der Waals surface area contributed by atoms with E-state index >= 15 is 0 Å². The predicted octanol–water partition coefficient (Wildman–Crippen LogP) is 14.0. The summed E-state index contributed by atoms with van der Waals surface area (Å²) in [5, 5.41) is 4.86. The molecule has 0 saturated carbocycles. The van der Waals surface area contributed by atoms with E-state index < -0.39 is 0 Å². The fourth-order valence-corrected chi connectivity index (χ4v) is 9.68. The molecule has 11 aromatic rings. The molecular formula is C55H38N4. The minimum Gasteiger partial charge on any atom is -0.309 e. The molecule has 0 saturated heterocycles. The van der Waals surface area contributed by atoms with Crippen molar-refractivity contribution in [2.24, 2.45) is 0 Å². The number of fused-ring (bicyclic) bond motifs is 9. The highest BCUT2D eigenvalue weighted by Crippen LogP contribution is 2.49. The summed E-state index contributed by atoms with van der Waals surface area (Å²) in [6.07, 6.45) is 0. The zero-order valence-corrected chi connectivity index (χ0v) is 32.8. The molecule has 3 aromatic heterocycles. The van der Waals surface area contributed by atoms with Crippen LogP contribution in [0.4, 0.5) is 0 Å². The van der Waals surface area contributed by atoms with Crippen molar-refractivity contribution < 1.29 is 0 Å². The van der Waals surface area contributed by atoms with Crippen molar-refractivity contribution >= 4 is 43.6 Å². The maximum absolute atomic E-state index is 5.23. The van der Waals surface area contributed by atoms with Gasteiger partial charge in [-0.05, 0) is 81.9 Å². The lowest BCUT2D eigenvalue weighted by atomic mass is 9.82. The first-order chi connectivity index (χ1) is 29.0. The lowest BCUT2D eigenvalue weighted by Crippen LogP contribution is -2.15. The Morgan fingerprint density at radius 2 is 0.915 bits per heavy atom. The number of benzene rings is 8. The normalized spacial score (nSPS) is 13.1. The molecule has 3 heterocycles. The van der Waals surface area contributed by atoms with Gasteiger partial charge in [-0.25, -0.2) is 9.97 Å². The number of hydrogen-bond acceptors (Lipinski definition) is 2. The lowest BCUT2D eigenvalue weighted by molar-refractivity contribution is 0.660. The van der Waals surface area contributed by atoms with Crippen molar-refractivity contribution in [3.8, 4) is 56.4 Å². The quantitative estimate of drug-likeness (QED) is 0.175. The molecule has 1 aliphatic carbocycles. The molecule has 4 heteroatoms. The van der Waals surface area contributed by atoms with E-state index in [1.165, 1.54) is 71.6 Å². The number of hydrogen-bond donors (Lipinski definition) is 0. The van der Waals surface area contributed by atoms with Gasteiger partial charge in [-0.2, -0.15) is 0 Å². The molecule has 0 radical (unpaired) electrons. The SMILES string of the molecule is CC1(C)c2ccccc2-c2ccc(-n3c4ccccc4c4cc(-c5ccc6c(c5)c5ccccc5n6-c5cc(-c6ccccc6)nc(-c6ccccc6)n5)ccc43)cc21. The Morgan fingerprint density at radius 1 is 0.373 bits per heavy atom. The average molecular weight is 755 g/mol. The maximum Gasteiger partial charge on any atom is 0.162 e.